The fourth-order valence-electron chi connectivity index (χ4n) is 1.80. The highest BCUT2D eigenvalue weighted by atomic mass is 16.5. The number of hydrogen-bond acceptors (Lipinski definition) is 4. The molecule has 0 aliphatic heterocycles. The number of nitrogens with zero attached hydrogens (tertiary/aromatic N) is 2. The van der Waals surface area contributed by atoms with E-state index in [1.165, 1.54) is 5.56 Å². The van der Waals surface area contributed by atoms with E-state index in [1.54, 1.807) is 7.11 Å². The third-order valence-electron chi connectivity index (χ3n) is 2.97. The molecule has 0 saturated carbocycles. The van der Waals surface area contributed by atoms with Gasteiger partial charge in [0.2, 0.25) is 0 Å². The van der Waals surface area contributed by atoms with Crippen LogP contribution in [0.15, 0.2) is 24.3 Å². The monoisotopic (exact) mass is 243 g/mol. The fourth-order valence-corrected chi connectivity index (χ4v) is 1.80. The maximum absolute atomic E-state index is 5.69. The number of hydrogen-bond donors (Lipinski definition) is 1. The molecule has 0 aliphatic carbocycles. The SMILES string of the molecule is CCc1ccc(OC)c(-c2cc(C)c(N)nn2)c1. The van der Waals surface area contributed by atoms with Gasteiger partial charge in [-0.25, -0.2) is 0 Å². The van der Waals surface area contributed by atoms with Crippen molar-refractivity contribution in [2.45, 2.75) is 20.3 Å². The van der Waals surface area contributed by atoms with E-state index in [4.69, 9.17) is 10.5 Å². The summed E-state index contributed by atoms with van der Waals surface area (Å²) in [6.07, 6.45) is 0.971. The smallest absolute Gasteiger partial charge is 0.149 e. The average Bonchev–Trinajstić information content (AvgIpc) is 2.41. The quantitative estimate of drug-likeness (QED) is 0.900. The zero-order valence-corrected chi connectivity index (χ0v) is 10.9. The van der Waals surface area contributed by atoms with Crippen molar-refractivity contribution in [3.8, 4) is 17.0 Å². The Morgan fingerprint density at radius 3 is 2.61 bits per heavy atom. The third kappa shape index (κ3) is 2.27. The zero-order valence-electron chi connectivity index (χ0n) is 10.9. The average molecular weight is 243 g/mol. The number of nitrogens with two attached hydrogens (primary N) is 1. The molecule has 2 aromatic rings. The number of ether oxygens (including phenoxy) is 1. The van der Waals surface area contributed by atoms with Gasteiger partial charge in [-0.15, -0.1) is 10.2 Å². The molecule has 1 heterocycles. The highest BCUT2D eigenvalue weighted by Gasteiger charge is 2.10. The number of benzene rings is 1. The lowest BCUT2D eigenvalue weighted by atomic mass is 10.0. The molecular formula is C14H17N3O. The predicted molar refractivity (Wildman–Crippen MR) is 72.5 cm³/mol. The minimum absolute atomic E-state index is 0.462. The molecule has 94 valence electrons. The summed E-state index contributed by atoms with van der Waals surface area (Å²) in [6, 6.07) is 8.03. The molecule has 4 heteroatoms. The lowest BCUT2D eigenvalue weighted by Gasteiger charge is -2.10. The van der Waals surface area contributed by atoms with Crippen LogP contribution in [0, 0.1) is 6.92 Å². The number of nitrogen functional groups attached to an aromatic ring is 1. The van der Waals surface area contributed by atoms with Crippen LogP contribution in [-0.2, 0) is 6.42 Å². The summed E-state index contributed by atoms with van der Waals surface area (Å²) in [5.41, 5.74) is 9.58. The molecule has 0 unspecified atom stereocenters. The summed E-state index contributed by atoms with van der Waals surface area (Å²) in [7, 11) is 1.65. The molecule has 2 N–H and O–H groups in total. The van der Waals surface area contributed by atoms with Gasteiger partial charge in [-0.2, -0.15) is 0 Å². The Bertz CT molecular complexity index is 567. The third-order valence-corrected chi connectivity index (χ3v) is 2.97. The van der Waals surface area contributed by atoms with Crippen LogP contribution >= 0.6 is 0 Å². The Balaban J connectivity index is 2.57. The highest BCUT2D eigenvalue weighted by molar-refractivity contribution is 5.69. The van der Waals surface area contributed by atoms with Gasteiger partial charge in [0.25, 0.3) is 0 Å². The fraction of sp³-hybridized carbons (Fsp3) is 0.286. The van der Waals surface area contributed by atoms with E-state index in [9.17, 15) is 0 Å². The van der Waals surface area contributed by atoms with E-state index in [0.717, 1.165) is 29.0 Å². The summed E-state index contributed by atoms with van der Waals surface area (Å²) in [4.78, 5) is 0. The Labute approximate surface area is 107 Å². The summed E-state index contributed by atoms with van der Waals surface area (Å²) < 4.78 is 5.37. The highest BCUT2D eigenvalue weighted by Crippen LogP contribution is 2.30. The number of methoxy groups -OCH3 is 1. The Kier molecular flexibility index (Phi) is 3.46. The molecule has 1 aromatic carbocycles. The van der Waals surface area contributed by atoms with Crippen molar-refractivity contribution in [2.75, 3.05) is 12.8 Å². The normalized spacial score (nSPS) is 10.4. The molecule has 18 heavy (non-hydrogen) atoms. The van der Waals surface area contributed by atoms with Gasteiger partial charge >= 0.3 is 0 Å². The molecule has 0 amide bonds. The Hall–Kier alpha value is -2.10. The molecule has 4 nitrogen and oxygen atoms in total. The van der Waals surface area contributed by atoms with E-state index in [0.29, 0.717) is 5.82 Å². The molecule has 0 saturated heterocycles. The first-order chi connectivity index (χ1) is 8.65. The number of rotatable bonds is 3. The van der Waals surface area contributed by atoms with Gasteiger partial charge in [0.05, 0.1) is 12.8 Å². The van der Waals surface area contributed by atoms with Gasteiger partial charge in [0, 0.05) is 5.56 Å². The molecule has 0 aliphatic rings. The lowest BCUT2D eigenvalue weighted by molar-refractivity contribution is 0.416. The molecule has 0 bridgehead atoms. The van der Waals surface area contributed by atoms with E-state index < -0.39 is 0 Å². The second-order valence-electron chi connectivity index (χ2n) is 4.19. The van der Waals surface area contributed by atoms with Crippen LogP contribution in [0.4, 0.5) is 5.82 Å². The predicted octanol–water partition coefficient (Wildman–Crippen LogP) is 2.61. The molecular weight excluding hydrogens is 226 g/mol. The summed E-state index contributed by atoms with van der Waals surface area (Å²) in [5, 5.41) is 8.10. The van der Waals surface area contributed by atoms with E-state index in [1.807, 2.05) is 19.1 Å². The maximum atomic E-state index is 5.69. The van der Waals surface area contributed by atoms with Crippen molar-refractivity contribution in [1.82, 2.24) is 10.2 Å². The van der Waals surface area contributed by atoms with Crippen LogP contribution in [0.25, 0.3) is 11.3 Å². The standard InChI is InChI=1S/C14H17N3O/c1-4-10-5-6-13(18-3)11(8-10)12-7-9(2)14(15)17-16-12/h5-8H,4H2,1-3H3,(H2,15,17). The van der Waals surface area contributed by atoms with Gasteiger partial charge < -0.3 is 10.5 Å². The first kappa shape index (κ1) is 12.4. The van der Waals surface area contributed by atoms with Crippen LogP contribution in [0.5, 0.6) is 5.75 Å². The van der Waals surface area contributed by atoms with Crippen LogP contribution in [-0.4, -0.2) is 17.3 Å². The van der Waals surface area contributed by atoms with E-state index >= 15 is 0 Å². The topological polar surface area (TPSA) is 61.0 Å². The number of aromatic nitrogens is 2. The largest absolute Gasteiger partial charge is 0.496 e. The molecule has 1 aromatic heterocycles. The van der Waals surface area contributed by atoms with Crippen molar-refractivity contribution in [3.63, 3.8) is 0 Å². The molecule has 0 radical (unpaired) electrons. The van der Waals surface area contributed by atoms with Crippen molar-refractivity contribution < 1.29 is 4.74 Å². The van der Waals surface area contributed by atoms with Crippen LogP contribution < -0.4 is 10.5 Å². The molecule has 0 atom stereocenters. The first-order valence-corrected chi connectivity index (χ1v) is 5.92. The van der Waals surface area contributed by atoms with Gasteiger partial charge in [-0.1, -0.05) is 13.0 Å². The minimum Gasteiger partial charge on any atom is -0.496 e. The Morgan fingerprint density at radius 1 is 1.22 bits per heavy atom. The van der Waals surface area contributed by atoms with Crippen LogP contribution in [0.2, 0.25) is 0 Å². The molecule has 0 fully saturated rings. The Morgan fingerprint density at radius 2 is 2.00 bits per heavy atom. The van der Waals surface area contributed by atoms with E-state index in [-0.39, 0.29) is 0 Å². The molecule has 2 rings (SSSR count). The van der Waals surface area contributed by atoms with Crippen LogP contribution in [0.3, 0.4) is 0 Å². The van der Waals surface area contributed by atoms with Crippen molar-refractivity contribution in [2.24, 2.45) is 0 Å². The van der Waals surface area contributed by atoms with Crippen molar-refractivity contribution in [3.05, 3.63) is 35.4 Å². The lowest BCUT2D eigenvalue weighted by Crippen LogP contribution is -1.99. The molecule has 0 spiro atoms. The van der Waals surface area contributed by atoms with Crippen LogP contribution in [0.1, 0.15) is 18.1 Å². The summed E-state index contributed by atoms with van der Waals surface area (Å²) in [5.74, 6) is 1.26. The van der Waals surface area contributed by atoms with E-state index in [2.05, 4.69) is 29.3 Å². The van der Waals surface area contributed by atoms with Gasteiger partial charge in [-0.3, -0.25) is 0 Å². The first-order valence-electron chi connectivity index (χ1n) is 5.92. The minimum atomic E-state index is 0.462. The second-order valence-corrected chi connectivity index (χ2v) is 4.19. The summed E-state index contributed by atoms with van der Waals surface area (Å²) in [6.45, 7) is 4.04. The van der Waals surface area contributed by atoms with Crippen molar-refractivity contribution >= 4 is 5.82 Å². The zero-order chi connectivity index (χ0) is 13.1. The van der Waals surface area contributed by atoms with Crippen molar-refractivity contribution in [1.29, 1.82) is 0 Å². The number of anilines is 1. The second kappa shape index (κ2) is 5.04. The number of aryl methyl sites for hydroxylation is 2. The maximum Gasteiger partial charge on any atom is 0.149 e. The summed E-state index contributed by atoms with van der Waals surface area (Å²) >= 11 is 0. The van der Waals surface area contributed by atoms with Gasteiger partial charge in [-0.05, 0) is 42.7 Å². The van der Waals surface area contributed by atoms with Gasteiger partial charge in [0.15, 0.2) is 0 Å². The van der Waals surface area contributed by atoms with Gasteiger partial charge in [0.1, 0.15) is 11.6 Å².